The number of ether oxygens (including phenoxy) is 1. The maximum Gasteiger partial charge on any atom is 0.227 e. The van der Waals surface area contributed by atoms with Crippen LogP contribution in [0.2, 0.25) is 0 Å². The third-order valence-corrected chi connectivity index (χ3v) is 7.12. The average molecular weight is 481 g/mol. The van der Waals surface area contributed by atoms with Crippen LogP contribution in [0, 0.1) is 5.92 Å². The highest BCUT2D eigenvalue weighted by molar-refractivity contribution is 5.84. The normalized spacial score (nSPS) is 14.6. The predicted molar refractivity (Wildman–Crippen MR) is 142 cm³/mol. The first-order valence-electron chi connectivity index (χ1n) is 12.8. The van der Waals surface area contributed by atoms with Crippen LogP contribution in [-0.2, 0) is 17.8 Å². The molecule has 184 valence electrons. The van der Waals surface area contributed by atoms with E-state index in [0.717, 1.165) is 46.3 Å². The fourth-order valence-corrected chi connectivity index (χ4v) is 5.20. The minimum atomic E-state index is -0.173. The number of carbonyl (C=O) groups excluding carboxylic acids is 1. The molecule has 1 atom stereocenters. The summed E-state index contributed by atoms with van der Waals surface area (Å²) >= 11 is 0. The molecular formula is C31H32N2O3. The number of phenols is 1. The quantitative estimate of drug-likeness (QED) is 0.301. The van der Waals surface area contributed by atoms with Gasteiger partial charge in [-0.3, -0.25) is 4.79 Å². The van der Waals surface area contributed by atoms with Crippen molar-refractivity contribution in [1.82, 2.24) is 10.3 Å². The number of fused-ring (bicyclic) bond motifs is 1. The van der Waals surface area contributed by atoms with Gasteiger partial charge in [0.25, 0.3) is 0 Å². The van der Waals surface area contributed by atoms with Crippen LogP contribution in [-0.4, -0.2) is 22.5 Å². The second kappa shape index (κ2) is 11.3. The smallest absolute Gasteiger partial charge is 0.227 e. The molecule has 5 nitrogen and oxygen atoms in total. The van der Waals surface area contributed by atoms with Crippen molar-refractivity contribution in [2.45, 2.75) is 44.6 Å². The summed E-state index contributed by atoms with van der Waals surface area (Å²) in [6, 6.07) is 27.3. The van der Waals surface area contributed by atoms with E-state index in [1.54, 1.807) is 12.1 Å². The Hall–Kier alpha value is -3.86. The van der Waals surface area contributed by atoms with Gasteiger partial charge >= 0.3 is 0 Å². The molecule has 1 aliphatic carbocycles. The Balaban J connectivity index is 1.23. The molecule has 2 N–H and O–H groups in total. The van der Waals surface area contributed by atoms with Gasteiger partial charge in [0.2, 0.25) is 5.91 Å². The number of rotatable bonds is 9. The molecule has 1 heterocycles. The first-order chi connectivity index (χ1) is 17.7. The van der Waals surface area contributed by atoms with E-state index in [2.05, 4.69) is 16.4 Å². The van der Waals surface area contributed by atoms with Crippen molar-refractivity contribution in [2.24, 2.45) is 5.92 Å². The molecule has 3 aromatic carbocycles. The van der Waals surface area contributed by atoms with Gasteiger partial charge < -0.3 is 15.2 Å². The summed E-state index contributed by atoms with van der Waals surface area (Å²) in [5.74, 6) is 1.27. The van der Waals surface area contributed by atoms with Crippen LogP contribution >= 0.6 is 0 Å². The van der Waals surface area contributed by atoms with Crippen LogP contribution in [0.3, 0.4) is 0 Å². The average Bonchev–Trinajstić information content (AvgIpc) is 3.44. The number of hydrogen-bond acceptors (Lipinski definition) is 4. The zero-order chi connectivity index (χ0) is 24.7. The van der Waals surface area contributed by atoms with Gasteiger partial charge in [0.1, 0.15) is 18.1 Å². The highest BCUT2D eigenvalue weighted by Gasteiger charge is 2.31. The van der Waals surface area contributed by atoms with E-state index in [9.17, 15) is 9.90 Å². The summed E-state index contributed by atoms with van der Waals surface area (Å²) < 4.78 is 6.00. The number of aromatic hydroxyl groups is 1. The Bertz CT molecular complexity index is 1310. The van der Waals surface area contributed by atoms with Crippen molar-refractivity contribution in [3.8, 4) is 11.5 Å². The van der Waals surface area contributed by atoms with E-state index in [0.29, 0.717) is 25.5 Å². The Kier molecular flexibility index (Phi) is 7.46. The van der Waals surface area contributed by atoms with Crippen LogP contribution in [0.1, 0.15) is 48.4 Å². The largest absolute Gasteiger partial charge is 0.508 e. The number of nitrogens with zero attached hydrogens (tertiary/aromatic N) is 1. The highest BCUT2D eigenvalue weighted by Crippen LogP contribution is 2.38. The van der Waals surface area contributed by atoms with Gasteiger partial charge in [0.15, 0.2) is 0 Å². The van der Waals surface area contributed by atoms with Gasteiger partial charge in [-0.2, -0.15) is 0 Å². The molecule has 0 saturated heterocycles. The minimum Gasteiger partial charge on any atom is -0.508 e. The summed E-state index contributed by atoms with van der Waals surface area (Å²) in [6.07, 6.45) is 5.09. The fraction of sp³-hybridized carbons (Fsp3) is 0.290. The molecule has 1 unspecified atom stereocenters. The minimum absolute atomic E-state index is 0.0614. The molecule has 0 spiro atoms. The number of phenolic OH excluding ortho intramolecular Hbond substituents is 1. The summed E-state index contributed by atoms with van der Waals surface area (Å²) in [6.45, 7) is 0.891. The van der Waals surface area contributed by atoms with Gasteiger partial charge in [-0.25, -0.2) is 4.98 Å². The summed E-state index contributed by atoms with van der Waals surface area (Å²) in [5, 5.41) is 14.2. The van der Waals surface area contributed by atoms with Crippen molar-refractivity contribution in [3.63, 3.8) is 0 Å². The number of nitrogens with one attached hydrogen (secondary N) is 1. The van der Waals surface area contributed by atoms with Crippen molar-refractivity contribution in [2.75, 3.05) is 6.54 Å². The lowest BCUT2D eigenvalue weighted by atomic mass is 9.84. The van der Waals surface area contributed by atoms with Gasteiger partial charge in [0, 0.05) is 11.9 Å². The number of aromatic nitrogens is 1. The molecule has 1 fully saturated rings. The topological polar surface area (TPSA) is 71.5 Å². The Labute approximate surface area is 212 Å². The van der Waals surface area contributed by atoms with Gasteiger partial charge in [-0.1, -0.05) is 67.4 Å². The van der Waals surface area contributed by atoms with Crippen molar-refractivity contribution >= 4 is 16.8 Å². The molecule has 1 saturated carbocycles. The lowest BCUT2D eigenvalue weighted by Crippen LogP contribution is -2.34. The number of para-hydroxylation sites is 2. The highest BCUT2D eigenvalue weighted by atomic mass is 16.5. The van der Waals surface area contributed by atoms with E-state index >= 15 is 0 Å². The lowest BCUT2D eigenvalue weighted by Gasteiger charge is -2.23. The second-order valence-corrected chi connectivity index (χ2v) is 9.54. The summed E-state index contributed by atoms with van der Waals surface area (Å²) in [5.41, 5.74) is 3.71. The maximum absolute atomic E-state index is 13.3. The first kappa shape index (κ1) is 23.9. The van der Waals surface area contributed by atoms with E-state index in [4.69, 9.17) is 4.74 Å². The lowest BCUT2D eigenvalue weighted by molar-refractivity contribution is -0.123. The van der Waals surface area contributed by atoms with E-state index in [-0.39, 0.29) is 17.6 Å². The van der Waals surface area contributed by atoms with E-state index < -0.39 is 0 Å². The second-order valence-electron chi connectivity index (χ2n) is 9.54. The summed E-state index contributed by atoms with van der Waals surface area (Å²) in [7, 11) is 0. The van der Waals surface area contributed by atoms with Crippen LogP contribution in [0.5, 0.6) is 11.5 Å². The molecule has 1 amide bonds. The van der Waals surface area contributed by atoms with Crippen molar-refractivity contribution in [3.05, 3.63) is 102 Å². The molecule has 4 aromatic rings. The molecule has 36 heavy (non-hydrogen) atoms. The van der Waals surface area contributed by atoms with Crippen molar-refractivity contribution < 1.29 is 14.6 Å². The molecule has 1 aromatic heterocycles. The zero-order valence-corrected chi connectivity index (χ0v) is 20.4. The zero-order valence-electron chi connectivity index (χ0n) is 20.4. The molecular weight excluding hydrogens is 448 g/mol. The number of hydrogen-bond donors (Lipinski definition) is 2. The Morgan fingerprint density at radius 1 is 0.944 bits per heavy atom. The SMILES string of the molecule is O=C(NCCc1ccccc1O)C(c1ccc(OCc2ccc3ccccc3n2)cc1)C1CCCC1. The Morgan fingerprint density at radius 2 is 1.69 bits per heavy atom. The maximum atomic E-state index is 13.3. The monoisotopic (exact) mass is 480 g/mol. The number of benzene rings is 3. The molecule has 0 bridgehead atoms. The standard InChI is InChI=1S/C31H32N2O3/c34-29-12-6-4-8-23(29)19-20-32-31(35)30(24-9-1-2-10-24)25-14-17-27(18-15-25)36-21-26-16-13-22-7-3-5-11-28(22)33-26/h3-8,11-18,24,30,34H,1-2,9-10,19-21H2,(H,32,35). The third-order valence-electron chi connectivity index (χ3n) is 7.12. The molecule has 0 radical (unpaired) electrons. The summed E-state index contributed by atoms with van der Waals surface area (Å²) in [4.78, 5) is 18.0. The molecule has 1 aliphatic rings. The van der Waals surface area contributed by atoms with E-state index in [1.165, 1.54) is 12.8 Å². The number of carbonyl (C=O) groups is 1. The van der Waals surface area contributed by atoms with Gasteiger partial charge in [-0.05, 0) is 66.6 Å². The third kappa shape index (κ3) is 5.68. The predicted octanol–water partition coefficient (Wildman–Crippen LogP) is 6.15. The Morgan fingerprint density at radius 3 is 2.50 bits per heavy atom. The number of amides is 1. The molecule has 5 heteroatoms. The fourth-order valence-electron chi connectivity index (χ4n) is 5.20. The van der Waals surface area contributed by atoms with Crippen LogP contribution in [0.25, 0.3) is 10.9 Å². The molecule has 5 rings (SSSR count). The van der Waals surface area contributed by atoms with Crippen LogP contribution in [0.15, 0.2) is 84.9 Å². The number of pyridine rings is 1. The van der Waals surface area contributed by atoms with E-state index in [1.807, 2.05) is 66.7 Å². The first-order valence-corrected chi connectivity index (χ1v) is 12.8. The van der Waals surface area contributed by atoms with Crippen molar-refractivity contribution in [1.29, 1.82) is 0 Å². The van der Waals surface area contributed by atoms with Gasteiger partial charge in [-0.15, -0.1) is 0 Å². The molecule has 0 aliphatic heterocycles. The van der Waals surface area contributed by atoms with Crippen LogP contribution in [0.4, 0.5) is 0 Å². The van der Waals surface area contributed by atoms with Crippen LogP contribution < -0.4 is 10.1 Å². The van der Waals surface area contributed by atoms with Gasteiger partial charge in [0.05, 0.1) is 17.1 Å².